The first-order valence-corrected chi connectivity index (χ1v) is 11.5. The van der Waals surface area contributed by atoms with E-state index in [1.165, 1.54) is 49.8 Å². The van der Waals surface area contributed by atoms with Gasteiger partial charge in [-0.25, -0.2) is 4.99 Å². The molecule has 3 rings (SSSR count). The van der Waals surface area contributed by atoms with Crippen LogP contribution in [0.15, 0.2) is 22.5 Å². The summed E-state index contributed by atoms with van der Waals surface area (Å²) < 4.78 is 0. The second kappa shape index (κ2) is 12.7. The number of amides is 1. The Kier molecular flexibility index (Phi) is 10.7. The Labute approximate surface area is 196 Å². The van der Waals surface area contributed by atoms with E-state index in [9.17, 15) is 4.79 Å². The van der Waals surface area contributed by atoms with Gasteiger partial charge in [-0.2, -0.15) is 0 Å². The van der Waals surface area contributed by atoms with Crippen LogP contribution in [0.4, 0.5) is 0 Å². The minimum absolute atomic E-state index is 0. The Bertz CT molecular complexity index is 625. The van der Waals surface area contributed by atoms with E-state index in [2.05, 4.69) is 38.0 Å². The first kappa shape index (κ1) is 24.4. The van der Waals surface area contributed by atoms with Crippen LogP contribution in [0.2, 0.25) is 0 Å². The van der Waals surface area contributed by atoms with Crippen molar-refractivity contribution in [3.63, 3.8) is 0 Å². The quantitative estimate of drug-likeness (QED) is 0.320. The zero-order valence-electron chi connectivity index (χ0n) is 17.7. The number of carbonyl (C=O) groups is 1. The number of nitrogens with one attached hydrogen (secondary N) is 2. The highest BCUT2D eigenvalue weighted by molar-refractivity contribution is 14.0. The molecule has 1 aliphatic carbocycles. The molecular weight excluding hydrogens is 497 g/mol. The third kappa shape index (κ3) is 7.71. The summed E-state index contributed by atoms with van der Waals surface area (Å²) in [4.78, 5) is 22.2. The van der Waals surface area contributed by atoms with Crippen LogP contribution in [0.1, 0.15) is 55.9 Å². The van der Waals surface area contributed by atoms with Crippen molar-refractivity contribution in [3.8, 4) is 0 Å². The Hall–Kier alpha value is -0.870. The smallest absolute Gasteiger partial charge is 0.243 e. The highest BCUT2D eigenvalue weighted by atomic mass is 127. The van der Waals surface area contributed by atoms with Crippen LogP contribution in [0.3, 0.4) is 0 Å². The Balaban J connectivity index is 0.00000300. The summed E-state index contributed by atoms with van der Waals surface area (Å²) in [5, 5.41) is 9.31. The van der Waals surface area contributed by atoms with E-state index in [-0.39, 0.29) is 36.4 Å². The van der Waals surface area contributed by atoms with Crippen LogP contribution in [0.5, 0.6) is 0 Å². The van der Waals surface area contributed by atoms with E-state index in [1.807, 2.05) is 11.3 Å². The third-order valence-electron chi connectivity index (χ3n) is 5.73. The maximum Gasteiger partial charge on any atom is 0.243 e. The lowest BCUT2D eigenvalue weighted by Crippen LogP contribution is -2.47. The number of rotatable bonds is 7. The number of guanidine groups is 1. The molecule has 1 aliphatic heterocycles. The second-order valence-corrected chi connectivity index (χ2v) is 9.07. The Morgan fingerprint density at radius 2 is 1.97 bits per heavy atom. The molecule has 1 amide bonds. The molecule has 1 saturated carbocycles. The van der Waals surface area contributed by atoms with Crippen molar-refractivity contribution in [2.75, 3.05) is 40.3 Å². The fraction of sp³-hybridized carbons (Fsp3) is 0.714. The Morgan fingerprint density at radius 3 is 2.59 bits per heavy atom. The lowest BCUT2D eigenvalue weighted by atomic mass is 9.96. The van der Waals surface area contributed by atoms with Gasteiger partial charge < -0.3 is 15.5 Å². The Morgan fingerprint density at radius 1 is 1.24 bits per heavy atom. The average molecular weight is 534 g/mol. The van der Waals surface area contributed by atoms with Crippen LogP contribution in [-0.2, 0) is 4.79 Å². The van der Waals surface area contributed by atoms with E-state index in [1.54, 1.807) is 19.0 Å². The van der Waals surface area contributed by atoms with Crippen molar-refractivity contribution < 1.29 is 4.79 Å². The predicted molar refractivity (Wildman–Crippen MR) is 132 cm³/mol. The summed E-state index contributed by atoms with van der Waals surface area (Å²) in [6, 6.07) is 5.19. The number of carbonyl (C=O) groups excluding carboxylic acids is 1. The molecule has 2 N–H and O–H groups in total. The largest absolute Gasteiger partial charge is 0.354 e. The van der Waals surface area contributed by atoms with Crippen LogP contribution >= 0.6 is 35.3 Å². The maximum absolute atomic E-state index is 12.0. The molecule has 8 heteroatoms. The van der Waals surface area contributed by atoms with Crippen LogP contribution in [0.25, 0.3) is 0 Å². The zero-order valence-corrected chi connectivity index (χ0v) is 20.9. The number of hydrogen-bond donors (Lipinski definition) is 2. The highest BCUT2D eigenvalue weighted by Gasteiger charge is 2.25. The van der Waals surface area contributed by atoms with Gasteiger partial charge in [-0.3, -0.25) is 9.69 Å². The molecule has 1 unspecified atom stereocenters. The summed E-state index contributed by atoms with van der Waals surface area (Å²) in [5.41, 5.74) is 0. The molecule has 0 bridgehead atoms. The molecule has 0 spiro atoms. The summed E-state index contributed by atoms with van der Waals surface area (Å²) in [6.45, 7) is 3.31. The first-order chi connectivity index (χ1) is 13.6. The van der Waals surface area contributed by atoms with Crippen molar-refractivity contribution >= 4 is 47.2 Å². The van der Waals surface area contributed by atoms with Gasteiger partial charge >= 0.3 is 0 Å². The van der Waals surface area contributed by atoms with Crippen molar-refractivity contribution in [2.24, 2.45) is 4.99 Å². The molecular formula is C21H36IN5OS. The minimum Gasteiger partial charge on any atom is -0.354 e. The third-order valence-corrected chi connectivity index (χ3v) is 6.71. The molecule has 2 fully saturated rings. The molecule has 164 valence electrons. The molecule has 6 nitrogen and oxygen atoms in total. The fourth-order valence-electron chi connectivity index (χ4n) is 4.02. The van der Waals surface area contributed by atoms with Crippen LogP contribution in [-0.4, -0.2) is 68.0 Å². The van der Waals surface area contributed by atoms with E-state index in [4.69, 9.17) is 0 Å². The SMILES string of the molecule is CN(C)C(=O)CN=C(NCC(c1cccs1)N1CCCC1)NC1CCCCC1.I. The number of halogens is 1. The van der Waals surface area contributed by atoms with E-state index in [0.717, 1.165) is 25.6 Å². The lowest BCUT2D eigenvalue weighted by molar-refractivity contribution is -0.127. The van der Waals surface area contributed by atoms with Gasteiger partial charge in [-0.15, -0.1) is 35.3 Å². The van der Waals surface area contributed by atoms with Gasteiger partial charge in [-0.05, 0) is 50.2 Å². The van der Waals surface area contributed by atoms with Gasteiger partial charge in [0.15, 0.2) is 5.96 Å². The summed E-state index contributed by atoms with van der Waals surface area (Å²) >= 11 is 1.82. The monoisotopic (exact) mass is 533 g/mol. The number of thiophene rings is 1. The number of aliphatic imine (C=N–C) groups is 1. The maximum atomic E-state index is 12.0. The lowest BCUT2D eigenvalue weighted by Gasteiger charge is -2.29. The van der Waals surface area contributed by atoms with Crippen molar-refractivity contribution in [1.82, 2.24) is 20.4 Å². The van der Waals surface area contributed by atoms with Crippen molar-refractivity contribution in [2.45, 2.75) is 57.0 Å². The summed E-state index contributed by atoms with van der Waals surface area (Å²) in [7, 11) is 3.55. The standard InChI is InChI=1S/C21H35N5OS.HI/c1-25(2)20(27)16-23-21(24-17-9-4-3-5-10-17)22-15-18(19-11-8-14-28-19)26-12-6-7-13-26;/h8,11,14,17-18H,3-7,9-10,12-13,15-16H2,1-2H3,(H2,22,23,24);1H. The van der Waals surface area contributed by atoms with Crippen molar-refractivity contribution in [3.05, 3.63) is 22.4 Å². The molecule has 1 saturated heterocycles. The highest BCUT2D eigenvalue weighted by Crippen LogP contribution is 2.27. The zero-order chi connectivity index (χ0) is 19.8. The van der Waals surface area contributed by atoms with Gasteiger partial charge in [0.25, 0.3) is 0 Å². The van der Waals surface area contributed by atoms with Crippen LogP contribution < -0.4 is 10.6 Å². The fourth-order valence-corrected chi connectivity index (χ4v) is 4.88. The average Bonchev–Trinajstić information content (AvgIpc) is 3.41. The molecule has 0 aromatic carbocycles. The number of hydrogen-bond acceptors (Lipinski definition) is 4. The summed E-state index contributed by atoms with van der Waals surface area (Å²) in [5.74, 6) is 0.807. The normalized spacial score (nSPS) is 19.4. The molecule has 1 atom stereocenters. The minimum atomic E-state index is 0. The van der Waals surface area contributed by atoms with Gasteiger partial charge in [0, 0.05) is 31.6 Å². The number of nitrogens with zero attached hydrogens (tertiary/aromatic N) is 3. The van der Waals surface area contributed by atoms with E-state index >= 15 is 0 Å². The van der Waals surface area contributed by atoms with Crippen molar-refractivity contribution in [1.29, 1.82) is 0 Å². The molecule has 0 radical (unpaired) electrons. The number of likely N-dealkylation sites (tertiary alicyclic amines) is 1. The van der Waals surface area contributed by atoms with E-state index < -0.39 is 0 Å². The molecule has 1 aromatic heterocycles. The molecule has 1 aromatic rings. The molecule has 2 heterocycles. The first-order valence-electron chi connectivity index (χ1n) is 10.7. The van der Waals surface area contributed by atoms with Gasteiger partial charge in [-0.1, -0.05) is 25.3 Å². The number of likely N-dealkylation sites (N-methyl/N-ethyl adjacent to an activating group) is 1. The molecule has 2 aliphatic rings. The second-order valence-electron chi connectivity index (χ2n) is 8.09. The van der Waals surface area contributed by atoms with Gasteiger partial charge in [0.2, 0.25) is 5.91 Å². The topological polar surface area (TPSA) is 60.0 Å². The van der Waals surface area contributed by atoms with Crippen LogP contribution in [0, 0.1) is 0 Å². The predicted octanol–water partition coefficient (Wildman–Crippen LogP) is 3.46. The summed E-state index contributed by atoms with van der Waals surface area (Å²) in [6.07, 6.45) is 8.79. The van der Waals surface area contributed by atoms with Gasteiger partial charge in [0.1, 0.15) is 6.54 Å². The van der Waals surface area contributed by atoms with Gasteiger partial charge in [0.05, 0.1) is 6.04 Å². The van der Waals surface area contributed by atoms with E-state index in [0.29, 0.717) is 12.1 Å². The molecule has 29 heavy (non-hydrogen) atoms.